The number of ether oxygens (including phenoxy) is 1. The average molecular weight is 375 g/mol. The van der Waals surface area contributed by atoms with Crippen LogP contribution in [-0.2, 0) is 22.6 Å². The van der Waals surface area contributed by atoms with Gasteiger partial charge in [0.2, 0.25) is 11.8 Å². The molecular weight excluding hydrogens is 352 g/mol. The number of nitrogens with one attached hydrogen (secondary N) is 1. The summed E-state index contributed by atoms with van der Waals surface area (Å²) in [5, 5.41) is 3.49. The number of para-hydroxylation sites is 1. The highest BCUT2D eigenvalue weighted by Crippen LogP contribution is 2.17. The summed E-state index contributed by atoms with van der Waals surface area (Å²) in [7, 11) is 1.62. The molecule has 0 radical (unpaired) electrons. The Morgan fingerprint density at radius 2 is 1.81 bits per heavy atom. The zero-order valence-electron chi connectivity index (χ0n) is 15.0. The molecule has 0 aliphatic carbocycles. The lowest BCUT2D eigenvalue weighted by Crippen LogP contribution is -2.39. The molecule has 26 heavy (non-hydrogen) atoms. The van der Waals surface area contributed by atoms with Crippen LogP contribution in [0.2, 0.25) is 5.02 Å². The van der Waals surface area contributed by atoms with Gasteiger partial charge in [0, 0.05) is 25.0 Å². The Hall–Kier alpha value is -2.53. The molecule has 0 atom stereocenters. The number of rotatable bonds is 8. The molecule has 0 spiro atoms. The summed E-state index contributed by atoms with van der Waals surface area (Å²) in [6, 6.07) is 14.9. The Kier molecular flexibility index (Phi) is 7.48. The molecule has 138 valence electrons. The van der Waals surface area contributed by atoms with Crippen molar-refractivity contribution in [2.75, 3.05) is 20.2 Å². The summed E-state index contributed by atoms with van der Waals surface area (Å²) in [6.07, 6.45) is 0.660. The van der Waals surface area contributed by atoms with Gasteiger partial charge >= 0.3 is 0 Å². The minimum Gasteiger partial charge on any atom is -0.496 e. The molecule has 0 bridgehead atoms. The first-order chi connectivity index (χ1) is 12.5. The van der Waals surface area contributed by atoms with Crippen molar-refractivity contribution in [3.8, 4) is 5.75 Å². The summed E-state index contributed by atoms with van der Waals surface area (Å²) < 4.78 is 5.30. The molecule has 0 aliphatic rings. The van der Waals surface area contributed by atoms with E-state index in [0.717, 1.165) is 16.9 Å². The zero-order valence-corrected chi connectivity index (χ0v) is 15.8. The lowest BCUT2D eigenvalue weighted by molar-refractivity contribution is -0.134. The van der Waals surface area contributed by atoms with E-state index in [0.29, 0.717) is 24.5 Å². The second-order valence-corrected chi connectivity index (χ2v) is 6.35. The monoisotopic (exact) mass is 374 g/mol. The normalized spacial score (nSPS) is 10.3. The molecule has 0 fully saturated rings. The molecule has 0 unspecified atom stereocenters. The highest BCUT2D eigenvalue weighted by Gasteiger charge is 2.14. The van der Waals surface area contributed by atoms with Crippen molar-refractivity contribution in [2.45, 2.75) is 19.9 Å². The molecule has 1 N–H and O–H groups in total. The Morgan fingerprint density at radius 3 is 2.46 bits per heavy atom. The van der Waals surface area contributed by atoms with Crippen LogP contribution in [0.15, 0.2) is 48.5 Å². The van der Waals surface area contributed by atoms with Crippen LogP contribution >= 0.6 is 11.6 Å². The first kappa shape index (κ1) is 19.8. The first-order valence-electron chi connectivity index (χ1n) is 8.38. The zero-order chi connectivity index (χ0) is 18.9. The predicted octanol–water partition coefficient (Wildman–Crippen LogP) is 3.06. The molecule has 2 aromatic rings. The number of halogens is 1. The minimum absolute atomic E-state index is 0.0177. The SMILES string of the molecule is COc1ccccc1CCNC(=O)CN(Cc1ccc(Cl)cc1)C(C)=O. The van der Waals surface area contributed by atoms with Gasteiger partial charge in [-0.25, -0.2) is 0 Å². The molecule has 2 rings (SSSR count). The van der Waals surface area contributed by atoms with Crippen LogP contribution in [0, 0.1) is 0 Å². The summed E-state index contributed by atoms with van der Waals surface area (Å²) >= 11 is 5.87. The Balaban J connectivity index is 1.85. The van der Waals surface area contributed by atoms with Crippen LogP contribution in [0.4, 0.5) is 0 Å². The highest BCUT2D eigenvalue weighted by molar-refractivity contribution is 6.30. The van der Waals surface area contributed by atoms with Crippen molar-refractivity contribution in [2.24, 2.45) is 0 Å². The first-order valence-corrected chi connectivity index (χ1v) is 8.76. The number of nitrogens with zero attached hydrogens (tertiary/aromatic N) is 1. The molecule has 2 amide bonds. The van der Waals surface area contributed by atoms with Gasteiger partial charge in [-0.05, 0) is 35.7 Å². The molecule has 0 aliphatic heterocycles. The number of methoxy groups -OCH3 is 1. The topological polar surface area (TPSA) is 58.6 Å². The van der Waals surface area contributed by atoms with Gasteiger partial charge in [0.1, 0.15) is 5.75 Å². The molecule has 0 saturated carbocycles. The quantitative estimate of drug-likeness (QED) is 0.772. The van der Waals surface area contributed by atoms with Crippen LogP contribution in [0.5, 0.6) is 5.75 Å². The van der Waals surface area contributed by atoms with E-state index in [1.54, 1.807) is 19.2 Å². The van der Waals surface area contributed by atoms with E-state index in [-0.39, 0.29) is 18.4 Å². The maximum atomic E-state index is 12.2. The van der Waals surface area contributed by atoms with Gasteiger partial charge in [-0.3, -0.25) is 9.59 Å². The van der Waals surface area contributed by atoms with Crippen LogP contribution in [0.25, 0.3) is 0 Å². The second-order valence-electron chi connectivity index (χ2n) is 5.91. The number of carbonyl (C=O) groups is 2. The fraction of sp³-hybridized carbons (Fsp3) is 0.300. The van der Waals surface area contributed by atoms with E-state index in [4.69, 9.17) is 16.3 Å². The molecule has 6 heteroatoms. The third-order valence-electron chi connectivity index (χ3n) is 3.98. The number of hydrogen-bond acceptors (Lipinski definition) is 3. The van der Waals surface area contributed by atoms with Gasteiger partial charge in [0.15, 0.2) is 0 Å². The summed E-state index contributed by atoms with van der Waals surface area (Å²) in [5.74, 6) is 0.457. The van der Waals surface area contributed by atoms with E-state index >= 15 is 0 Å². The molecule has 0 aromatic heterocycles. The minimum atomic E-state index is -0.191. The molecule has 0 saturated heterocycles. The lowest BCUT2D eigenvalue weighted by atomic mass is 10.1. The van der Waals surface area contributed by atoms with Gasteiger partial charge in [-0.1, -0.05) is 41.9 Å². The van der Waals surface area contributed by atoms with Crippen molar-refractivity contribution in [1.82, 2.24) is 10.2 Å². The number of hydrogen-bond donors (Lipinski definition) is 1. The number of benzene rings is 2. The third kappa shape index (κ3) is 6.08. The van der Waals surface area contributed by atoms with E-state index < -0.39 is 0 Å². The average Bonchev–Trinajstić information content (AvgIpc) is 2.63. The largest absolute Gasteiger partial charge is 0.496 e. The smallest absolute Gasteiger partial charge is 0.239 e. The number of amides is 2. The van der Waals surface area contributed by atoms with Crippen molar-refractivity contribution < 1.29 is 14.3 Å². The van der Waals surface area contributed by atoms with Gasteiger partial charge in [-0.15, -0.1) is 0 Å². The van der Waals surface area contributed by atoms with E-state index in [9.17, 15) is 9.59 Å². The Bertz CT molecular complexity index is 747. The van der Waals surface area contributed by atoms with E-state index in [2.05, 4.69) is 5.32 Å². The molecule has 0 heterocycles. The predicted molar refractivity (Wildman–Crippen MR) is 102 cm³/mol. The van der Waals surface area contributed by atoms with Crippen LogP contribution in [0.1, 0.15) is 18.1 Å². The Morgan fingerprint density at radius 1 is 1.12 bits per heavy atom. The standard InChI is InChI=1S/C20H23ClN2O3/c1-15(24)23(13-16-7-9-18(21)10-8-16)14-20(25)22-12-11-17-5-3-4-6-19(17)26-2/h3-10H,11-14H2,1-2H3,(H,22,25). The van der Waals surface area contributed by atoms with Gasteiger partial charge in [-0.2, -0.15) is 0 Å². The van der Waals surface area contributed by atoms with E-state index in [1.165, 1.54) is 11.8 Å². The van der Waals surface area contributed by atoms with Gasteiger partial charge < -0.3 is 15.0 Å². The maximum absolute atomic E-state index is 12.2. The van der Waals surface area contributed by atoms with Crippen LogP contribution in [-0.4, -0.2) is 36.9 Å². The second kappa shape index (κ2) is 9.82. The van der Waals surface area contributed by atoms with E-state index in [1.807, 2.05) is 36.4 Å². The third-order valence-corrected chi connectivity index (χ3v) is 4.23. The lowest BCUT2D eigenvalue weighted by Gasteiger charge is -2.20. The maximum Gasteiger partial charge on any atom is 0.239 e. The highest BCUT2D eigenvalue weighted by atomic mass is 35.5. The molecular formula is C20H23ClN2O3. The van der Waals surface area contributed by atoms with Crippen molar-refractivity contribution in [1.29, 1.82) is 0 Å². The van der Waals surface area contributed by atoms with Gasteiger partial charge in [0.05, 0.1) is 13.7 Å². The van der Waals surface area contributed by atoms with Crippen molar-refractivity contribution in [3.63, 3.8) is 0 Å². The Labute approximate surface area is 158 Å². The van der Waals surface area contributed by atoms with Crippen LogP contribution < -0.4 is 10.1 Å². The fourth-order valence-electron chi connectivity index (χ4n) is 2.56. The van der Waals surface area contributed by atoms with Crippen molar-refractivity contribution >= 4 is 23.4 Å². The summed E-state index contributed by atoms with van der Waals surface area (Å²) in [5.41, 5.74) is 1.95. The summed E-state index contributed by atoms with van der Waals surface area (Å²) in [6.45, 7) is 2.32. The summed E-state index contributed by atoms with van der Waals surface area (Å²) in [4.78, 5) is 25.5. The van der Waals surface area contributed by atoms with Gasteiger partial charge in [0.25, 0.3) is 0 Å². The number of carbonyl (C=O) groups excluding carboxylic acids is 2. The molecule has 2 aromatic carbocycles. The van der Waals surface area contributed by atoms with Crippen molar-refractivity contribution in [3.05, 3.63) is 64.7 Å². The molecule has 5 nitrogen and oxygen atoms in total. The van der Waals surface area contributed by atoms with Crippen LogP contribution in [0.3, 0.4) is 0 Å². The fourth-order valence-corrected chi connectivity index (χ4v) is 2.69.